The van der Waals surface area contributed by atoms with Gasteiger partial charge in [0.15, 0.2) is 0 Å². The Morgan fingerprint density at radius 2 is 1.75 bits per heavy atom. The quantitative estimate of drug-likeness (QED) is 0.317. The lowest BCUT2D eigenvalue weighted by Crippen LogP contribution is -2.42. The molecule has 5 nitrogen and oxygen atoms in total. The number of carbonyl (C=O) groups excluding carboxylic acids is 1. The van der Waals surface area contributed by atoms with Crippen LogP contribution in [0.5, 0.6) is 0 Å². The number of rotatable bonds is 6. The minimum atomic E-state index is -0.0564. The van der Waals surface area contributed by atoms with Gasteiger partial charge >= 0.3 is 0 Å². The highest BCUT2D eigenvalue weighted by Gasteiger charge is 2.13. The third-order valence-corrected chi connectivity index (χ3v) is 5.95. The lowest BCUT2D eigenvalue weighted by atomic mass is 10.0. The van der Waals surface area contributed by atoms with Crippen LogP contribution in [0.2, 0.25) is 0 Å². The van der Waals surface area contributed by atoms with Gasteiger partial charge in [0.25, 0.3) is 5.91 Å². The molecule has 146 valence electrons. The van der Waals surface area contributed by atoms with Crippen LogP contribution in [0.25, 0.3) is 22.0 Å². The highest BCUT2D eigenvalue weighted by atomic mass is 127. The van der Waals surface area contributed by atoms with Crippen LogP contribution in [-0.4, -0.2) is 43.1 Å². The summed E-state index contributed by atoms with van der Waals surface area (Å²) in [6.07, 6.45) is 2.30. The maximum Gasteiger partial charge on any atom is 0.267 e. The van der Waals surface area contributed by atoms with Crippen LogP contribution in [0.1, 0.15) is 23.3 Å². The van der Waals surface area contributed by atoms with E-state index in [4.69, 9.17) is 0 Å². The number of fused-ring (bicyclic) bond motifs is 1. The number of hydrogen-bond acceptors (Lipinski definition) is 3. The van der Waals surface area contributed by atoms with Crippen molar-refractivity contribution in [1.29, 1.82) is 0 Å². The Morgan fingerprint density at radius 1 is 1.00 bits per heavy atom. The number of H-pyrrole nitrogens is 1. The van der Waals surface area contributed by atoms with Gasteiger partial charge in [0, 0.05) is 33.6 Å². The molecule has 0 bridgehead atoms. The van der Waals surface area contributed by atoms with Crippen molar-refractivity contribution in [3.63, 3.8) is 0 Å². The van der Waals surface area contributed by atoms with E-state index in [1.54, 1.807) is 0 Å². The van der Waals surface area contributed by atoms with E-state index in [2.05, 4.69) is 86.0 Å². The van der Waals surface area contributed by atoms with Crippen molar-refractivity contribution < 1.29 is 4.79 Å². The molecule has 4 rings (SSSR count). The summed E-state index contributed by atoms with van der Waals surface area (Å²) in [7, 11) is 0. The number of hydrogen-bond donors (Lipinski definition) is 4. The number of benzene rings is 2. The highest BCUT2D eigenvalue weighted by Crippen LogP contribution is 2.25. The number of piperidine rings is 1. The molecule has 0 spiro atoms. The molecule has 1 amide bonds. The van der Waals surface area contributed by atoms with E-state index in [1.165, 1.54) is 9.13 Å². The Bertz CT molecular complexity index is 945. The Labute approximate surface area is 178 Å². The fraction of sp³-hybridized carbons (Fsp3) is 0.318. The van der Waals surface area contributed by atoms with Gasteiger partial charge in [0.2, 0.25) is 0 Å². The first-order valence-corrected chi connectivity index (χ1v) is 10.9. The van der Waals surface area contributed by atoms with E-state index >= 15 is 0 Å². The maximum atomic E-state index is 12.5. The smallest absolute Gasteiger partial charge is 0.267 e. The first-order chi connectivity index (χ1) is 13.7. The summed E-state index contributed by atoms with van der Waals surface area (Å²) < 4.78 is 1.22. The van der Waals surface area contributed by atoms with Gasteiger partial charge in [-0.25, -0.2) is 0 Å². The van der Waals surface area contributed by atoms with Crippen LogP contribution in [0.15, 0.2) is 48.5 Å². The molecule has 4 N–H and O–H groups in total. The summed E-state index contributed by atoms with van der Waals surface area (Å²) >= 11 is 2.31. The zero-order chi connectivity index (χ0) is 19.3. The molecular formula is C22H25IN4O. The molecule has 2 aromatic carbocycles. The topological polar surface area (TPSA) is 69.0 Å². The number of aromatic amines is 1. The SMILES string of the molecule is O=C(NCCNC1CCNCC1)c1cc2ccc(-c3ccc(I)cc3)cc2[nH]1. The maximum absolute atomic E-state index is 12.5. The second-order valence-electron chi connectivity index (χ2n) is 7.23. The Kier molecular flexibility index (Phi) is 6.29. The molecular weight excluding hydrogens is 463 g/mol. The normalized spacial score (nSPS) is 15.0. The second kappa shape index (κ2) is 9.07. The average Bonchev–Trinajstić information content (AvgIpc) is 3.16. The van der Waals surface area contributed by atoms with Crippen molar-refractivity contribution in [1.82, 2.24) is 20.9 Å². The van der Waals surface area contributed by atoms with Gasteiger partial charge in [-0.05, 0) is 83.9 Å². The van der Waals surface area contributed by atoms with Gasteiger partial charge < -0.3 is 20.9 Å². The summed E-state index contributed by atoms with van der Waals surface area (Å²) in [5, 5.41) is 10.9. The van der Waals surface area contributed by atoms with Gasteiger partial charge in [-0.15, -0.1) is 0 Å². The molecule has 1 saturated heterocycles. The molecule has 3 aromatic rings. The van der Waals surface area contributed by atoms with Crippen molar-refractivity contribution in [2.45, 2.75) is 18.9 Å². The van der Waals surface area contributed by atoms with Gasteiger partial charge in [-0.1, -0.05) is 24.3 Å². The van der Waals surface area contributed by atoms with Crippen molar-refractivity contribution in [2.24, 2.45) is 0 Å². The van der Waals surface area contributed by atoms with Crippen LogP contribution >= 0.6 is 22.6 Å². The van der Waals surface area contributed by atoms with E-state index < -0.39 is 0 Å². The van der Waals surface area contributed by atoms with E-state index in [0.717, 1.165) is 48.9 Å². The summed E-state index contributed by atoms with van der Waals surface area (Å²) in [5.41, 5.74) is 3.90. The minimum absolute atomic E-state index is 0.0564. The predicted molar refractivity (Wildman–Crippen MR) is 123 cm³/mol. The fourth-order valence-electron chi connectivity index (χ4n) is 3.64. The molecule has 2 heterocycles. The second-order valence-corrected chi connectivity index (χ2v) is 8.47. The van der Waals surface area contributed by atoms with Crippen LogP contribution in [-0.2, 0) is 0 Å². The number of halogens is 1. The molecule has 0 atom stereocenters. The average molecular weight is 488 g/mol. The van der Waals surface area contributed by atoms with Gasteiger partial charge in [0.1, 0.15) is 5.69 Å². The van der Waals surface area contributed by atoms with Crippen molar-refractivity contribution in [2.75, 3.05) is 26.2 Å². The summed E-state index contributed by atoms with van der Waals surface area (Å²) in [6.45, 7) is 3.58. The van der Waals surface area contributed by atoms with E-state index in [9.17, 15) is 4.79 Å². The molecule has 1 aromatic heterocycles. The van der Waals surface area contributed by atoms with Crippen LogP contribution in [0, 0.1) is 3.57 Å². The first-order valence-electron chi connectivity index (χ1n) is 9.80. The fourth-order valence-corrected chi connectivity index (χ4v) is 4.00. The molecule has 1 aliphatic heterocycles. The Hall–Kier alpha value is -1.90. The molecule has 0 saturated carbocycles. The van der Waals surface area contributed by atoms with Crippen molar-refractivity contribution >= 4 is 39.4 Å². The lowest BCUT2D eigenvalue weighted by molar-refractivity contribution is 0.0949. The first kappa shape index (κ1) is 19.4. The molecule has 0 radical (unpaired) electrons. The van der Waals surface area contributed by atoms with Gasteiger partial charge in [0.05, 0.1) is 0 Å². The van der Waals surface area contributed by atoms with Gasteiger partial charge in [-0.3, -0.25) is 4.79 Å². The summed E-state index contributed by atoms with van der Waals surface area (Å²) in [6, 6.07) is 17.2. The van der Waals surface area contributed by atoms with E-state index in [-0.39, 0.29) is 5.91 Å². The molecule has 0 unspecified atom stereocenters. The van der Waals surface area contributed by atoms with Gasteiger partial charge in [-0.2, -0.15) is 0 Å². The predicted octanol–water partition coefficient (Wildman–Crippen LogP) is 3.51. The van der Waals surface area contributed by atoms with E-state index in [0.29, 0.717) is 18.3 Å². The monoisotopic (exact) mass is 488 g/mol. The zero-order valence-corrected chi connectivity index (χ0v) is 17.9. The third-order valence-electron chi connectivity index (χ3n) is 5.23. The molecule has 28 heavy (non-hydrogen) atoms. The van der Waals surface area contributed by atoms with Crippen molar-refractivity contribution in [3.05, 3.63) is 57.8 Å². The number of amides is 1. The number of aromatic nitrogens is 1. The summed E-state index contributed by atoms with van der Waals surface area (Å²) in [5.74, 6) is -0.0564. The number of nitrogens with one attached hydrogen (secondary N) is 4. The molecule has 0 aliphatic carbocycles. The largest absolute Gasteiger partial charge is 0.351 e. The van der Waals surface area contributed by atoms with Crippen molar-refractivity contribution in [3.8, 4) is 11.1 Å². The Morgan fingerprint density at radius 3 is 2.54 bits per heavy atom. The highest BCUT2D eigenvalue weighted by molar-refractivity contribution is 14.1. The molecule has 1 aliphatic rings. The minimum Gasteiger partial charge on any atom is -0.351 e. The zero-order valence-electron chi connectivity index (χ0n) is 15.7. The summed E-state index contributed by atoms with van der Waals surface area (Å²) in [4.78, 5) is 15.7. The van der Waals surface area contributed by atoms with E-state index in [1.807, 2.05) is 6.07 Å². The van der Waals surface area contributed by atoms with Crippen LogP contribution in [0.4, 0.5) is 0 Å². The molecule has 1 fully saturated rings. The standard InChI is InChI=1S/C22H25IN4O/c23-18-5-3-15(4-6-18)16-1-2-17-14-21(27-20(17)13-16)22(28)26-12-11-25-19-7-9-24-10-8-19/h1-6,13-14,19,24-25,27H,7-12H2,(H,26,28). The van der Waals surface area contributed by atoms with Crippen LogP contribution in [0.3, 0.4) is 0 Å². The third kappa shape index (κ3) is 4.74. The molecule has 6 heteroatoms. The lowest BCUT2D eigenvalue weighted by Gasteiger charge is -2.23. The van der Waals surface area contributed by atoms with Crippen LogP contribution < -0.4 is 16.0 Å². The Balaban J connectivity index is 1.36. The number of carbonyl (C=O) groups is 1.